The number of aliphatic carboxylic acids is 1. The Morgan fingerprint density at radius 3 is 2.45 bits per heavy atom. The second kappa shape index (κ2) is 17.6. The van der Waals surface area contributed by atoms with Gasteiger partial charge in [-0.1, -0.05) is 71.6 Å². The van der Waals surface area contributed by atoms with E-state index in [-0.39, 0.29) is 17.6 Å². The van der Waals surface area contributed by atoms with Crippen molar-refractivity contribution in [2.24, 2.45) is 0 Å². The van der Waals surface area contributed by atoms with Crippen LogP contribution in [-0.4, -0.2) is 41.6 Å². The van der Waals surface area contributed by atoms with Gasteiger partial charge in [0.1, 0.15) is 6.29 Å². The zero-order chi connectivity index (χ0) is 28.6. The molecule has 0 aromatic carbocycles. The van der Waals surface area contributed by atoms with Crippen LogP contribution in [0.3, 0.4) is 0 Å². The van der Waals surface area contributed by atoms with Gasteiger partial charge in [-0.2, -0.15) is 5.10 Å². The monoisotopic (exact) mass is 546 g/mol. The maximum atomic E-state index is 10.8. The number of aromatic nitrogens is 2. The van der Waals surface area contributed by atoms with Crippen LogP contribution in [0.25, 0.3) is 6.08 Å². The largest absolute Gasteiger partial charge is 0.481 e. The summed E-state index contributed by atoms with van der Waals surface area (Å²) in [6, 6.07) is 0. The number of nitrogens with zero attached hydrogens (tertiary/aromatic N) is 2. The summed E-state index contributed by atoms with van der Waals surface area (Å²) in [4.78, 5) is 21.4. The van der Waals surface area contributed by atoms with Gasteiger partial charge in [0, 0.05) is 30.6 Å². The lowest BCUT2D eigenvalue weighted by Crippen LogP contribution is -2.43. The molecule has 1 atom stereocenters. The highest BCUT2D eigenvalue weighted by Gasteiger charge is 2.38. The second-order valence-electron chi connectivity index (χ2n) is 11.9. The molecule has 0 aliphatic carbocycles. The standard InChI is InChI=1S/C31H54N2O4Si/c1-8-9-14-19-27(37-38(6,7)31(3,4)5)22-23-29-28(20-15-10-11-16-21-30(35)36)26(2)33(32-29)24-17-12-13-18-25-34/h10,15,22-23,25,27H,8-9,11-14,16-21,24H2,1-7H3,(H,35,36)/b15-10-,23-22?. The fraction of sp³-hybridized carbons (Fsp3) is 0.710. The third-order valence-corrected chi connectivity index (χ3v) is 12.1. The van der Waals surface area contributed by atoms with Gasteiger partial charge < -0.3 is 14.3 Å². The molecule has 0 radical (unpaired) electrons. The van der Waals surface area contributed by atoms with E-state index < -0.39 is 14.3 Å². The summed E-state index contributed by atoms with van der Waals surface area (Å²) >= 11 is 0. The normalized spacial score (nSPS) is 13.6. The van der Waals surface area contributed by atoms with E-state index in [0.717, 1.165) is 63.5 Å². The molecular weight excluding hydrogens is 492 g/mol. The van der Waals surface area contributed by atoms with Crippen molar-refractivity contribution in [1.29, 1.82) is 0 Å². The number of hydrogen-bond donors (Lipinski definition) is 1. The Balaban J connectivity index is 3.13. The number of aryl methyl sites for hydroxylation is 1. The minimum atomic E-state index is -1.91. The highest BCUT2D eigenvalue weighted by Crippen LogP contribution is 2.38. The van der Waals surface area contributed by atoms with Crippen molar-refractivity contribution in [3.05, 3.63) is 35.2 Å². The highest BCUT2D eigenvalue weighted by atomic mass is 28.4. The van der Waals surface area contributed by atoms with Gasteiger partial charge in [0.15, 0.2) is 8.32 Å². The van der Waals surface area contributed by atoms with Crippen molar-refractivity contribution < 1.29 is 19.1 Å². The topological polar surface area (TPSA) is 81.4 Å². The van der Waals surface area contributed by atoms with Crippen LogP contribution in [-0.2, 0) is 27.0 Å². The first kappa shape index (κ1) is 34.0. The summed E-state index contributed by atoms with van der Waals surface area (Å²) in [6.45, 7) is 16.7. The maximum Gasteiger partial charge on any atom is 0.303 e. The van der Waals surface area contributed by atoms with E-state index in [9.17, 15) is 9.59 Å². The number of carbonyl (C=O) groups is 2. The van der Waals surface area contributed by atoms with Crippen LogP contribution in [0, 0.1) is 6.92 Å². The Morgan fingerprint density at radius 1 is 1.08 bits per heavy atom. The summed E-state index contributed by atoms with van der Waals surface area (Å²) < 4.78 is 8.93. The number of unbranched alkanes of at least 4 members (excludes halogenated alkanes) is 6. The molecule has 0 saturated carbocycles. The molecule has 1 aromatic rings. The van der Waals surface area contributed by atoms with Crippen molar-refractivity contribution in [2.45, 2.75) is 142 Å². The summed E-state index contributed by atoms with van der Waals surface area (Å²) in [5.74, 6) is -0.746. The fourth-order valence-electron chi connectivity index (χ4n) is 4.11. The SMILES string of the molecule is CCCCCC(C=Cc1nn(CCCCCC=O)c(C)c1C/C=C\CCCC(=O)O)O[Si](C)(C)C(C)(C)C. The van der Waals surface area contributed by atoms with Crippen LogP contribution >= 0.6 is 0 Å². The number of rotatable bonds is 20. The van der Waals surface area contributed by atoms with Crippen molar-refractivity contribution in [3.8, 4) is 0 Å². The number of aldehydes is 1. The zero-order valence-electron chi connectivity index (χ0n) is 25.2. The molecule has 0 aliphatic rings. The van der Waals surface area contributed by atoms with Crippen molar-refractivity contribution in [1.82, 2.24) is 9.78 Å². The Labute approximate surface area is 233 Å². The molecule has 0 amide bonds. The molecule has 7 heteroatoms. The lowest BCUT2D eigenvalue weighted by atomic mass is 10.1. The van der Waals surface area contributed by atoms with E-state index in [4.69, 9.17) is 14.6 Å². The first-order valence-corrected chi connectivity index (χ1v) is 17.6. The third-order valence-electron chi connectivity index (χ3n) is 7.62. The molecule has 0 saturated heterocycles. The predicted molar refractivity (Wildman–Crippen MR) is 161 cm³/mol. The first-order valence-electron chi connectivity index (χ1n) is 14.7. The van der Waals surface area contributed by atoms with Gasteiger partial charge in [-0.05, 0) is 69.7 Å². The molecule has 1 aromatic heterocycles. The van der Waals surface area contributed by atoms with Crippen LogP contribution in [0.2, 0.25) is 18.1 Å². The molecule has 0 aliphatic heterocycles. The van der Waals surface area contributed by atoms with Crippen molar-refractivity contribution in [2.75, 3.05) is 0 Å². The minimum absolute atomic E-state index is 0.0793. The van der Waals surface area contributed by atoms with Gasteiger partial charge in [-0.25, -0.2) is 0 Å². The highest BCUT2D eigenvalue weighted by molar-refractivity contribution is 6.74. The lowest BCUT2D eigenvalue weighted by molar-refractivity contribution is -0.137. The Hall–Kier alpha value is -1.99. The predicted octanol–water partition coefficient (Wildman–Crippen LogP) is 8.29. The van der Waals surface area contributed by atoms with Gasteiger partial charge in [0.2, 0.25) is 0 Å². The molecule has 1 N–H and O–H groups in total. The van der Waals surface area contributed by atoms with Gasteiger partial charge in [0.05, 0.1) is 11.8 Å². The Kier molecular flexibility index (Phi) is 15.7. The van der Waals surface area contributed by atoms with Crippen LogP contribution in [0.4, 0.5) is 0 Å². The van der Waals surface area contributed by atoms with Gasteiger partial charge in [-0.3, -0.25) is 9.48 Å². The van der Waals surface area contributed by atoms with E-state index in [0.29, 0.717) is 12.8 Å². The molecule has 6 nitrogen and oxygen atoms in total. The average molecular weight is 547 g/mol. The summed E-state index contributed by atoms with van der Waals surface area (Å²) in [6.07, 6.45) is 20.2. The molecule has 1 unspecified atom stereocenters. The average Bonchev–Trinajstić information content (AvgIpc) is 3.12. The lowest BCUT2D eigenvalue weighted by Gasteiger charge is -2.38. The molecule has 38 heavy (non-hydrogen) atoms. The van der Waals surface area contributed by atoms with Crippen LogP contribution in [0.1, 0.15) is 115 Å². The number of hydrogen-bond acceptors (Lipinski definition) is 4. The smallest absolute Gasteiger partial charge is 0.303 e. The third kappa shape index (κ3) is 12.7. The summed E-state index contributed by atoms with van der Waals surface area (Å²) in [5, 5.41) is 14.0. The van der Waals surface area contributed by atoms with E-state index in [1.807, 2.05) is 0 Å². The Bertz CT molecular complexity index is 896. The molecule has 1 rings (SSSR count). The molecule has 216 valence electrons. The molecule has 1 heterocycles. The summed E-state index contributed by atoms with van der Waals surface area (Å²) in [5.41, 5.74) is 3.37. The van der Waals surface area contributed by atoms with Crippen molar-refractivity contribution in [3.63, 3.8) is 0 Å². The van der Waals surface area contributed by atoms with Crippen LogP contribution < -0.4 is 0 Å². The number of carboxylic acids is 1. The van der Waals surface area contributed by atoms with E-state index in [1.165, 1.54) is 24.1 Å². The van der Waals surface area contributed by atoms with Gasteiger partial charge >= 0.3 is 5.97 Å². The molecule has 0 fully saturated rings. The van der Waals surface area contributed by atoms with Gasteiger partial charge in [0.25, 0.3) is 0 Å². The van der Waals surface area contributed by atoms with E-state index in [1.54, 1.807) is 0 Å². The second-order valence-corrected chi connectivity index (χ2v) is 16.7. The van der Waals surface area contributed by atoms with E-state index >= 15 is 0 Å². The Morgan fingerprint density at radius 2 is 1.82 bits per heavy atom. The van der Waals surface area contributed by atoms with Crippen LogP contribution in [0.15, 0.2) is 18.2 Å². The molecule has 0 spiro atoms. The molecule has 0 bridgehead atoms. The van der Waals surface area contributed by atoms with Gasteiger partial charge in [-0.15, -0.1) is 0 Å². The number of carboxylic acid groups (broad SMARTS) is 1. The van der Waals surface area contributed by atoms with Crippen LogP contribution in [0.5, 0.6) is 0 Å². The zero-order valence-corrected chi connectivity index (χ0v) is 26.2. The maximum absolute atomic E-state index is 10.8. The number of carbonyl (C=O) groups excluding carboxylic acids is 1. The minimum Gasteiger partial charge on any atom is -0.481 e. The van der Waals surface area contributed by atoms with Crippen molar-refractivity contribution >= 4 is 26.6 Å². The summed E-state index contributed by atoms with van der Waals surface area (Å²) in [7, 11) is -1.91. The fourth-order valence-corrected chi connectivity index (χ4v) is 5.42. The number of allylic oxidation sites excluding steroid dienone is 2. The first-order chi connectivity index (χ1) is 17.9. The quantitative estimate of drug-likeness (QED) is 0.0770. The van der Waals surface area contributed by atoms with E-state index in [2.05, 4.69) is 76.7 Å². The molecular formula is C31H54N2O4Si.